The van der Waals surface area contributed by atoms with Gasteiger partial charge in [-0.05, 0) is 30.3 Å². The monoisotopic (exact) mass is 535 g/mol. The summed E-state index contributed by atoms with van der Waals surface area (Å²) in [7, 11) is 1.40. The van der Waals surface area contributed by atoms with Gasteiger partial charge in [-0.1, -0.05) is 46.3 Å². The molecule has 0 radical (unpaired) electrons. The second-order valence-corrected chi connectivity index (χ2v) is 8.26. The number of carbonyl (C=O) groups excluding carboxylic acids is 2. The number of nitrogens with one attached hydrogen (secondary N) is 1. The predicted octanol–water partition coefficient (Wildman–Crippen LogP) is 5.38. The second-order valence-electron chi connectivity index (χ2n) is 7.34. The molecule has 0 unspecified atom stereocenters. The maximum atomic E-state index is 13.0. The Hall–Kier alpha value is -4.31. The lowest BCUT2D eigenvalue weighted by atomic mass is 10.0. The summed E-state index contributed by atoms with van der Waals surface area (Å²) in [6.07, 6.45) is 0. The van der Waals surface area contributed by atoms with Gasteiger partial charge in [0.05, 0.1) is 28.8 Å². The third-order valence-corrected chi connectivity index (χ3v) is 5.61. The molecule has 1 aromatic heterocycles. The van der Waals surface area contributed by atoms with Crippen molar-refractivity contribution in [3.63, 3.8) is 0 Å². The Balaban J connectivity index is 1.56. The quantitative estimate of drug-likeness (QED) is 0.191. The van der Waals surface area contributed by atoms with Crippen LogP contribution in [0, 0.1) is 10.1 Å². The van der Waals surface area contributed by atoms with Crippen LogP contribution >= 0.6 is 15.9 Å². The first-order valence-corrected chi connectivity index (χ1v) is 11.1. The van der Waals surface area contributed by atoms with E-state index in [2.05, 4.69) is 26.2 Å². The van der Waals surface area contributed by atoms with Crippen LogP contribution in [0.1, 0.15) is 10.4 Å². The molecule has 0 aliphatic rings. The average Bonchev–Trinajstić information content (AvgIpc) is 2.86. The number of para-hydroxylation sites is 1. The van der Waals surface area contributed by atoms with Gasteiger partial charge in [-0.3, -0.25) is 14.9 Å². The molecule has 0 saturated heterocycles. The summed E-state index contributed by atoms with van der Waals surface area (Å²) in [6, 6.07) is 20.1. The Morgan fingerprint density at radius 2 is 1.80 bits per heavy atom. The van der Waals surface area contributed by atoms with Crippen LogP contribution < -0.4 is 10.1 Å². The molecule has 0 fully saturated rings. The van der Waals surface area contributed by atoms with Crippen LogP contribution in [-0.2, 0) is 9.53 Å². The molecule has 35 heavy (non-hydrogen) atoms. The zero-order valence-electron chi connectivity index (χ0n) is 18.4. The van der Waals surface area contributed by atoms with E-state index < -0.39 is 23.4 Å². The Morgan fingerprint density at radius 1 is 1.06 bits per heavy atom. The zero-order chi connectivity index (χ0) is 24.9. The lowest BCUT2D eigenvalue weighted by Gasteiger charge is -2.11. The number of nitrogens with zero attached hydrogens (tertiary/aromatic N) is 2. The highest BCUT2D eigenvalue weighted by molar-refractivity contribution is 9.10. The van der Waals surface area contributed by atoms with Crippen LogP contribution in [0.4, 0.5) is 11.4 Å². The Morgan fingerprint density at radius 3 is 2.51 bits per heavy atom. The summed E-state index contributed by atoms with van der Waals surface area (Å²) in [5, 5.41) is 14.2. The van der Waals surface area contributed by atoms with Gasteiger partial charge in [-0.25, -0.2) is 9.78 Å². The predicted molar refractivity (Wildman–Crippen MR) is 133 cm³/mol. The molecule has 0 atom stereocenters. The molecule has 0 spiro atoms. The highest BCUT2D eigenvalue weighted by Crippen LogP contribution is 2.29. The SMILES string of the molecule is COc1ccc([N+](=O)[O-])c(NC(=O)COC(=O)c2cc(-c3ccc(Br)cc3)nc3ccccc23)c1. The fourth-order valence-electron chi connectivity index (χ4n) is 3.41. The summed E-state index contributed by atoms with van der Waals surface area (Å²) in [5.74, 6) is -1.13. The number of rotatable bonds is 7. The molecule has 1 N–H and O–H groups in total. The molecule has 4 rings (SSSR count). The van der Waals surface area contributed by atoms with Crippen molar-refractivity contribution >= 4 is 50.1 Å². The van der Waals surface area contributed by atoms with Crippen molar-refractivity contribution in [2.45, 2.75) is 0 Å². The van der Waals surface area contributed by atoms with Gasteiger partial charge >= 0.3 is 5.97 Å². The number of hydrogen-bond donors (Lipinski definition) is 1. The van der Waals surface area contributed by atoms with E-state index in [-0.39, 0.29) is 16.9 Å². The molecule has 10 heteroatoms. The third kappa shape index (κ3) is 5.44. The highest BCUT2D eigenvalue weighted by Gasteiger charge is 2.20. The van der Waals surface area contributed by atoms with Gasteiger partial charge in [0.2, 0.25) is 0 Å². The summed E-state index contributed by atoms with van der Waals surface area (Å²) < 4.78 is 11.2. The lowest BCUT2D eigenvalue weighted by Crippen LogP contribution is -2.21. The van der Waals surface area contributed by atoms with E-state index in [0.717, 1.165) is 10.0 Å². The third-order valence-electron chi connectivity index (χ3n) is 5.08. The molecule has 0 bridgehead atoms. The van der Waals surface area contributed by atoms with Crippen molar-refractivity contribution in [1.82, 2.24) is 4.98 Å². The molecule has 4 aromatic rings. The summed E-state index contributed by atoms with van der Waals surface area (Å²) in [5.41, 5.74) is 1.83. The van der Waals surface area contributed by atoms with Gasteiger partial charge in [0.15, 0.2) is 6.61 Å². The number of benzene rings is 3. The minimum absolute atomic E-state index is 0.0673. The number of halogens is 1. The van der Waals surface area contributed by atoms with Crippen molar-refractivity contribution in [1.29, 1.82) is 0 Å². The first-order chi connectivity index (χ1) is 16.9. The van der Waals surface area contributed by atoms with Gasteiger partial charge in [0.1, 0.15) is 11.4 Å². The minimum atomic E-state index is -0.735. The number of amides is 1. The number of anilines is 1. The van der Waals surface area contributed by atoms with Gasteiger partial charge < -0.3 is 14.8 Å². The van der Waals surface area contributed by atoms with Gasteiger partial charge in [0.25, 0.3) is 11.6 Å². The maximum absolute atomic E-state index is 13.0. The smallest absolute Gasteiger partial charge is 0.339 e. The van der Waals surface area contributed by atoms with E-state index in [0.29, 0.717) is 22.3 Å². The van der Waals surface area contributed by atoms with Crippen molar-refractivity contribution < 1.29 is 24.0 Å². The normalized spacial score (nSPS) is 10.6. The van der Waals surface area contributed by atoms with Crippen LogP contribution in [0.25, 0.3) is 22.2 Å². The molecule has 176 valence electrons. The topological polar surface area (TPSA) is 121 Å². The van der Waals surface area contributed by atoms with Gasteiger partial charge in [-0.2, -0.15) is 0 Å². The van der Waals surface area contributed by atoms with Crippen molar-refractivity contribution in [3.8, 4) is 17.0 Å². The zero-order valence-corrected chi connectivity index (χ0v) is 19.9. The van der Waals surface area contributed by atoms with E-state index >= 15 is 0 Å². The van der Waals surface area contributed by atoms with E-state index in [9.17, 15) is 19.7 Å². The fourth-order valence-corrected chi connectivity index (χ4v) is 3.67. The molecule has 1 heterocycles. The molecular weight excluding hydrogens is 518 g/mol. The molecule has 3 aromatic carbocycles. The van der Waals surface area contributed by atoms with Crippen molar-refractivity contribution in [3.05, 3.63) is 92.9 Å². The van der Waals surface area contributed by atoms with E-state index in [4.69, 9.17) is 9.47 Å². The van der Waals surface area contributed by atoms with E-state index in [1.165, 1.54) is 25.3 Å². The largest absolute Gasteiger partial charge is 0.497 e. The highest BCUT2D eigenvalue weighted by atomic mass is 79.9. The number of carbonyl (C=O) groups is 2. The molecule has 1 amide bonds. The number of pyridine rings is 1. The van der Waals surface area contributed by atoms with E-state index in [1.807, 2.05) is 30.3 Å². The standard InChI is InChI=1S/C25H18BrN3O6/c1-34-17-10-11-23(29(32)33)22(12-17)28-24(30)14-35-25(31)19-13-21(15-6-8-16(26)9-7-15)27-20-5-3-2-4-18(19)20/h2-13H,14H2,1H3,(H,28,30). The number of hydrogen-bond acceptors (Lipinski definition) is 7. The molecule has 9 nitrogen and oxygen atoms in total. The van der Waals surface area contributed by atoms with Crippen LogP contribution in [-0.4, -0.2) is 35.5 Å². The molecule has 0 aliphatic carbocycles. The molecule has 0 saturated carbocycles. The van der Waals surface area contributed by atoms with Crippen LogP contribution in [0.2, 0.25) is 0 Å². The van der Waals surface area contributed by atoms with Crippen molar-refractivity contribution in [2.75, 3.05) is 19.0 Å². The van der Waals surface area contributed by atoms with Crippen LogP contribution in [0.5, 0.6) is 5.75 Å². The Bertz CT molecular complexity index is 1440. The van der Waals surface area contributed by atoms with Gasteiger partial charge in [-0.15, -0.1) is 0 Å². The van der Waals surface area contributed by atoms with Crippen LogP contribution in [0.15, 0.2) is 77.3 Å². The number of nitro benzene ring substituents is 1. The first-order valence-electron chi connectivity index (χ1n) is 10.3. The summed E-state index contributed by atoms with van der Waals surface area (Å²) in [6.45, 7) is -0.641. The minimum Gasteiger partial charge on any atom is -0.497 e. The summed E-state index contributed by atoms with van der Waals surface area (Å²) in [4.78, 5) is 40.7. The Kier molecular flexibility index (Phi) is 7.02. The number of fused-ring (bicyclic) bond motifs is 1. The average molecular weight is 536 g/mol. The van der Waals surface area contributed by atoms with Crippen LogP contribution in [0.3, 0.4) is 0 Å². The van der Waals surface area contributed by atoms with E-state index in [1.54, 1.807) is 24.3 Å². The Labute approximate surface area is 208 Å². The van der Waals surface area contributed by atoms with Gasteiger partial charge in [0, 0.05) is 27.6 Å². The number of methoxy groups -OCH3 is 1. The number of aromatic nitrogens is 1. The second kappa shape index (κ2) is 10.3. The lowest BCUT2D eigenvalue weighted by molar-refractivity contribution is -0.383. The fraction of sp³-hybridized carbons (Fsp3) is 0.0800. The summed E-state index contributed by atoms with van der Waals surface area (Å²) >= 11 is 3.40. The van der Waals surface area contributed by atoms with Crippen molar-refractivity contribution in [2.24, 2.45) is 0 Å². The number of esters is 1. The molecular formula is C25H18BrN3O6. The maximum Gasteiger partial charge on any atom is 0.339 e. The molecule has 0 aliphatic heterocycles. The number of nitro groups is 1. The first kappa shape index (κ1) is 23.8. The number of ether oxygens (including phenoxy) is 2.